The predicted molar refractivity (Wildman–Crippen MR) is 93.8 cm³/mol. The second-order valence-electron chi connectivity index (χ2n) is 5.55. The lowest BCUT2D eigenvalue weighted by molar-refractivity contribution is -0.344. The van der Waals surface area contributed by atoms with E-state index in [4.69, 9.17) is 14.9 Å². The van der Waals surface area contributed by atoms with Gasteiger partial charge in [0.1, 0.15) is 6.10 Å². The predicted octanol–water partition coefficient (Wildman–Crippen LogP) is 2.82. The fraction of sp³-hybridized carbons (Fsp3) is 0.263. The molecular weight excluding hydrogens is 336 g/mol. The van der Waals surface area contributed by atoms with Crippen molar-refractivity contribution >= 4 is 11.8 Å². The Hall–Kier alpha value is -2.74. The van der Waals surface area contributed by atoms with Crippen LogP contribution in [0, 0.1) is 0 Å². The molecule has 0 saturated carbocycles. The average Bonchev–Trinajstić information content (AvgIpc) is 2.68. The molecule has 7 heteroatoms. The molecular formula is C19H22N2O5. The number of benzene rings is 2. The third-order valence-electron chi connectivity index (χ3n) is 3.63. The van der Waals surface area contributed by atoms with Crippen LogP contribution in [0.3, 0.4) is 0 Å². The van der Waals surface area contributed by atoms with E-state index in [1.165, 1.54) is 0 Å². The molecule has 0 aliphatic heterocycles. The molecule has 1 atom stereocenters. The number of rotatable bonds is 8. The van der Waals surface area contributed by atoms with Gasteiger partial charge in [-0.3, -0.25) is 14.8 Å². The molecule has 2 rings (SSSR count). The summed E-state index contributed by atoms with van der Waals surface area (Å²) >= 11 is 0. The first-order chi connectivity index (χ1) is 12.5. The number of carbonyl (C=O) groups excluding carboxylic acids is 2. The van der Waals surface area contributed by atoms with E-state index in [-0.39, 0.29) is 13.0 Å². The molecule has 2 N–H and O–H groups in total. The molecule has 1 unspecified atom stereocenters. The van der Waals surface area contributed by atoms with Gasteiger partial charge in [0.05, 0.1) is 13.0 Å². The minimum atomic E-state index is -0.488. The van der Waals surface area contributed by atoms with Crippen LogP contribution in [0.15, 0.2) is 54.6 Å². The Morgan fingerprint density at radius 1 is 1.12 bits per heavy atom. The van der Waals surface area contributed by atoms with Crippen molar-refractivity contribution in [1.82, 2.24) is 10.7 Å². The zero-order valence-electron chi connectivity index (χ0n) is 14.7. The largest absolute Gasteiger partial charge is 0.303 e. The van der Waals surface area contributed by atoms with Gasteiger partial charge in [-0.15, -0.1) is 0 Å². The Labute approximate surface area is 152 Å². The lowest BCUT2D eigenvalue weighted by Crippen LogP contribution is -2.32. The Balaban J connectivity index is 2.06. The zero-order valence-corrected chi connectivity index (χ0v) is 14.7. The van der Waals surface area contributed by atoms with Crippen molar-refractivity contribution in [3.8, 4) is 0 Å². The zero-order chi connectivity index (χ0) is 18.9. The molecule has 7 nitrogen and oxygen atoms in total. The van der Waals surface area contributed by atoms with E-state index >= 15 is 0 Å². The standard InChI is InChI=1S/C19H22N2O5/c1-3-25-21(19(23)17-7-5-4-6-8-17)26-14(2)16-11-9-15(10-12-16)13-18(22)20-24/h4-12,14,24H,3,13H2,1-2H3,(H,20,22). The van der Waals surface area contributed by atoms with E-state index in [1.54, 1.807) is 67.9 Å². The van der Waals surface area contributed by atoms with E-state index in [1.807, 2.05) is 6.07 Å². The molecule has 0 fully saturated rings. The van der Waals surface area contributed by atoms with E-state index in [0.29, 0.717) is 5.56 Å². The Morgan fingerprint density at radius 3 is 2.35 bits per heavy atom. The van der Waals surface area contributed by atoms with E-state index in [2.05, 4.69) is 0 Å². The van der Waals surface area contributed by atoms with Crippen LogP contribution in [0.5, 0.6) is 0 Å². The monoisotopic (exact) mass is 358 g/mol. The summed E-state index contributed by atoms with van der Waals surface area (Å²) in [6, 6.07) is 15.8. The quantitative estimate of drug-likeness (QED) is 0.560. The highest BCUT2D eigenvalue weighted by atomic mass is 17.0. The van der Waals surface area contributed by atoms with Gasteiger partial charge in [0.25, 0.3) is 0 Å². The molecule has 0 spiro atoms. The van der Waals surface area contributed by atoms with Crippen LogP contribution in [0.2, 0.25) is 0 Å². The number of hydroxylamine groups is 3. The number of carbonyl (C=O) groups is 2. The van der Waals surface area contributed by atoms with Gasteiger partial charge >= 0.3 is 5.91 Å². The van der Waals surface area contributed by atoms with Crippen LogP contribution in [0.4, 0.5) is 0 Å². The smallest absolute Gasteiger partial charge is 0.289 e. The number of nitrogens with zero attached hydrogens (tertiary/aromatic N) is 1. The second kappa shape index (κ2) is 9.67. The lowest BCUT2D eigenvalue weighted by Gasteiger charge is -2.24. The van der Waals surface area contributed by atoms with Crippen LogP contribution in [-0.2, 0) is 20.9 Å². The second-order valence-corrected chi connectivity index (χ2v) is 5.55. The Bertz CT molecular complexity index is 718. The molecule has 2 aromatic rings. The molecule has 2 aromatic carbocycles. The van der Waals surface area contributed by atoms with Gasteiger partial charge in [-0.2, -0.15) is 0 Å². The van der Waals surface area contributed by atoms with Crippen molar-refractivity contribution in [3.63, 3.8) is 0 Å². The fourth-order valence-corrected chi connectivity index (χ4v) is 2.28. The van der Waals surface area contributed by atoms with Crippen molar-refractivity contribution in [2.75, 3.05) is 6.61 Å². The highest BCUT2D eigenvalue weighted by Gasteiger charge is 2.21. The molecule has 2 amide bonds. The van der Waals surface area contributed by atoms with Crippen LogP contribution in [-0.4, -0.2) is 28.9 Å². The summed E-state index contributed by atoms with van der Waals surface area (Å²) in [5.74, 6) is -0.881. The molecule has 0 saturated heterocycles. The Kier molecular flexibility index (Phi) is 7.28. The molecule has 0 aromatic heterocycles. The molecule has 0 bridgehead atoms. The van der Waals surface area contributed by atoms with Gasteiger partial charge < -0.3 is 0 Å². The maximum absolute atomic E-state index is 12.5. The lowest BCUT2D eigenvalue weighted by atomic mass is 10.1. The minimum Gasteiger partial charge on any atom is -0.289 e. The SMILES string of the molecule is CCON(OC(C)c1ccc(CC(=O)NO)cc1)C(=O)c1ccccc1. The topological polar surface area (TPSA) is 88.1 Å². The van der Waals surface area contributed by atoms with Crippen LogP contribution in [0.25, 0.3) is 0 Å². The summed E-state index contributed by atoms with van der Waals surface area (Å²) in [7, 11) is 0. The summed E-state index contributed by atoms with van der Waals surface area (Å²) in [5, 5.41) is 9.46. The molecule has 0 aliphatic rings. The maximum Gasteiger partial charge on any atom is 0.303 e. The van der Waals surface area contributed by atoms with Gasteiger partial charge in [0.2, 0.25) is 5.91 Å². The van der Waals surface area contributed by atoms with Crippen molar-refractivity contribution in [2.24, 2.45) is 0 Å². The number of nitrogens with one attached hydrogen (secondary N) is 1. The first-order valence-corrected chi connectivity index (χ1v) is 8.26. The van der Waals surface area contributed by atoms with E-state index in [9.17, 15) is 9.59 Å². The molecule has 0 heterocycles. The molecule has 138 valence electrons. The molecule has 0 aliphatic carbocycles. The van der Waals surface area contributed by atoms with Gasteiger partial charge in [0.15, 0.2) is 0 Å². The number of amides is 2. The fourth-order valence-electron chi connectivity index (χ4n) is 2.28. The first-order valence-electron chi connectivity index (χ1n) is 8.26. The summed E-state index contributed by atoms with van der Waals surface area (Å²) in [6.07, 6.45) is -0.376. The van der Waals surface area contributed by atoms with Gasteiger partial charge in [-0.05, 0) is 37.1 Å². The number of hydrogen-bond acceptors (Lipinski definition) is 5. The van der Waals surface area contributed by atoms with Crippen LogP contribution < -0.4 is 5.48 Å². The third-order valence-corrected chi connectivity index (χ3v) is 3.63. The van der Waals surface area contributed by atoms with Crippen molar-refractivity contribution < 1.29 is 24.5 Å². The van der Waals surface area contributed by atoms with Crippen molar-refractivity contribution in [3.05, 3.63) is 71.3 Å². The normalized spacial score (nSPS) is 11.7. The van der Waals surface area contributed by atoms with Crippen molar-refractivity contribution in [2.45, 2.75) is 26.4 Å². The summed E-state index contributed by atoms with van der Waals surface area (Å²) in [6.45, 7) is 3.83. The van der Waals surface area contributed by atoms with Crippen LogP contribution in [0.1, 0.15) is 41.4 Å². The van der Waals surface area contributed by atoms with Gasteiger partial charge in [-0.25, -0.2) is 15.2 Å². The summed E-state index contributed by atoms with van der Waals surface area (Å²) < 4.78 is 0. The number of hydrogen-bond donors (Lipinski definition) is 2. The highest BCUT2D eigenvalue weighted by Crippen LogP contribution is 2.20. The first kappa shape index (κ1) is 19.6. The van der Waals surface area contributed by atoms with Gasteiger partial charge in [-0.1, -0.05) is 47.7 Å². The maximum atomic E-state index is 12.5. The van der Waals surface area contributed by atoms with E-state index < -0.39 is 17.9 Å². The van der Waals surface area contributed by atoms with Crippen molar-refractivity contribution in [1.29, 1.82) is 0 Å². The van der Waals surface area contributed by atoms with E-state index in [0.717, 1.165) is 16.4 Å². The summed E-state index contributed by atoms with van der Waals surface area (Å²) in [5.41, 5.74) is 3.61. The Morgan fingerprint density at radius 2 is 1.77 bits per heavy atom. The molecule has 26 heavy (non-hydrogen) atoms. The highest BCUT2D eigenvalue weighted by molar-refractivity contribution is 5.92. The minimum absolute atomic E-state index is 0.0730. The molecule has 0 radical (unpaired) electrons. The average molecular weight is 358 g/mol. The summed E-state index contributed by atoms with van der Waals surface area (Å²) in [4.78, 5) is 34.7. The van der Waals surface area contributed by atoms with Crippen LogP contribution >= 0.6 is 0 Å². The van der Waals surface area contributed by atoms with Gasteiger partial charge in [0, 0.05) is 5.56 Å². The third kappa shape index (κ3) is 5.38.